The SMILES string of the molecule is CN1C(=O)c2ccc(NC(=O)C3CCN(S(=O)(=O)c4cc(Cl)ccc4Cl)CC3)cc2C1=O. The number of nitrogens with zero attached hydrogens (tertiary/aromatic N) is 2. The highest BCUT2D eigenvalue weighted by Gasteiger charge is 2.35. The van der Waals surface area contributed by atoms with Crippen LogP contribution < -0.4 is 5.32 Å². The van der Waals surface area contributed by atoms with Crippen molar-refractivity contribution in [3.8, 4) is 0 Å². The van der Waals surface area contributed by atoms with E-state index in [1.165, 1.54) is 41.7 Å². The largest absolute Gasteiger partial charge is 0.326 e. The predicted octanol–water partition coefficient (Wildman–Crippen LogP) is 3.26. The predicted molar refractivity (Wildman–Crippen MR) is 119 cm³/mol. The van der Waals surface area contributed by atoms with Crippen molar-refractivity contribution in [2.75, 3.05) is 25.5 Å². The Kier molecular flexibility index (Phi) is 6.02. The van der Waals surface area contributed by atoms with Gasteiger partial charge in [0.2, 0.25) is 15.9 Å². The zero-order valence-corrected chi connectivity index (χ0v) is 19.3. The number of carbonyl (C=O) groups is 3. The highest BCUT2D eigenvalue weighted by Crippen LogP contribution is 2.31. The minimum Gasteiger partial charge on any atom is -0.326 e. The van der Waals surface area contributed by atoms with Crippen LogP contribution in [0.3, 0.4) is 0 Å². The van der Waals surface area contributed by atoms with Gasteiger partial charge in [-0.25, -0.2) is 8.42 Å². The Bertz CT molecular complexity index is 1240. The molecule has 8 nitrogen and oxygen atoms in total. The van der Waals surface area contributed by atoms with E-state index in [2.05, 4.69) is 5.32 Å². The molecule has 2 aromatic rings. The van der Waals surface area contributed by atoms with Gasteiger partial charge in [-0.05, 0) is 49.2 Å². The van der Waals surface area contributed by atoms with E-state index in [0.29, 0.717) is 24.1 Å². The van der Waals surface area contributed by atoms with Crippen LogP contribution in [-0.4, -0.2) is 55.5 Å². The van der Waals surface area contributed by atoms with E-state index in [1.54, 1.807) is 6.07 Å². The average Bonchev–Trinajstić information content (AvgIpc) is 2.99. The molecule has 0 spiro atoms. The fourth-order valence-electron chi connectivity index (χ4n) is 3.86. The molecule has 0 bridgehead atoms. The maximum atomic E-state index is 12.9. The Morgan fingerprint density at radius 3 is 2.34 bits per heavy atom. The van der Waals surface area contributed by atoms with Gasteiger partial charge in [-0.3, -0.25) is 19.3 Å². The maximum Gasteiger partial charge on any atom is 0.261 e. The molecule has 1 N–H and O–H groups in total. The molecule has 32 heavy (non-hydrogen) atoms. The van der Waals surface area contributed by atoms with Crippen LogP contribution in [0.2, 0.25) is 10.0 Å². The molecular formula is C21H19Cl2N3O5S. The molecule has 0 aliphatic carbocycles. The minimum atomic E-state index is -3.84. The average molecular weight is 496 g/mol. The number of sulfonamides is 1. The highest BCUT2D eigenvalue weighted by atomic mass is 35.5. The Hall–Kier alpha value is -2.46. The first-order valence-corrected chi connectivity index (χ1v) is 12.0. The smallest absolute Gasteiger partial charge is 0.261 e. The first-order valence-electron chi connectivity index (χ1n) is 9.82. The monoisotopic (exact) mass is 495 g/mol. The number of anilines is 1. The maximum absolute atomic E-state index is 12.9. The van der Waals surface area contributed by atoms with E-state index in [-0.39, 0.29) is 45.4 Å². The number of benzene rings is 2. The van der Waals surface area contributed by atoms with Crippen molar-refractivity contribution in [1.82, 2.24) is 9.21 Å². The van der Waals surface area contributed by atoms with Crippen LogP contribution in [0.25, 0.3) is 0 Å². The topological polar surface area (TPSA) is 104 Å². The second-order valence-corrected chi connectivity index (χ2v) is 10.4. The number of rotatable bonds is 4. The van der Waals surface area contributed by atoms with Crippen LogP contribution in [0.5, 0.6) is 0 Å². The zero-order chi connectivity index (χ0) is 23.2. The van der Waals surface area contributed by atoms with Crippen molar-refractivity contribution in [1.29, 1.82) is 0 Å². The first kappa shape index (κ1) is 22.7. The van der Waals surface area contributed by atoms with Crippen LogP contribution >= 0.6 is 23.2 Å². The van der Waals surface area contributed by atoms with E-state index in [4.69, 9.17) is 23.2 Å². The van der Waals surface area contributed by atoms with Crippen molar-refractivity contribution in [2.24, 2.45) is 5.92 Å². The van der Waals surface area contributed by atoms with Gasteiger partial charge in [0, 0.05) is 36.8 Å². The van der Waals surface area contributed by atoms with Crippen molar-refractivity contribution < 1.29 is 22.8 Å². The van der Waals surface area contributed by atoms with Gasteiger partial charge in [0.1, 0.15) is 4.90 Å². The van der Waals surface area contributed by atoms with Gasteiger partial charge in [-0.1, -0.05) is 23.2 Å². The number of carbonyl (C=O) groups excluding carboxylic acids is 3. The Morgan fingerprint density at radius 2 is 1.66 bits per heavy atom. The van der Waals surface area contributed by atoms with Gasteiger partial charge >= 0.3 is 0 Å². The molecule has 0 unspecified atom stereocenters. The van der Waals surface area contributed by atoms with E-state index in [9.17, 15) is 22.8 Å². The summed E-state index contributed by atoms with van der Waals surface area (Å²) in [6.07, 6.45) is 0.655. The number of piperidine rings is 1. The van der Waals surface area contributed by atoms with Crippen molar-refractivity contribution in [3.05, 3.63) is 57.6 Å². The summed E-state index contributed by atoms with van der Waals surface area (Å²) in [5.41, 5.74) is 0.953. The lowest BCUT2D eigenvalue weighted by molar-refractivity contribution is -0.120. The number of halogens is 2. The van der Waals surface area contributed by atoms with Crippen LogP contribution in [0.4, 0.5) is 5.69 Å². The van der Waals surface area contributed by atoms with Crippen molar-refractivity contribution >= 4 is 56.6 Å². The molecule has 2 aliphatic rings. The molecular weight excluding hydrogens is 477 g/mol. The molecule has 2 heterocycles. The summed E-state index contributed by atoms with van der Waals surface area (Å²) in [5, 5.41) is 3.12. The van der Waals surface area contributed by atoms with E-state index >= 15 is 0 Å². The lowest BCUT2D eigenvalue weighted by Gasteiger charge is -2.30. The van der Waals surface area contributed by atoms with Crippen LogP contribution in [0.1, 0.15) is 33.6 Å². The summed E-state index contributed by atoms with van der Waals surface area (Å²) in [4.78, 5) is 37.8. The minimum absolute atomic E-state index is 0.0584. The second-order valence-electron chi connectivity index (χ2n) is 7.67. The lowest BCUT2D eigenvalue weighted by atomic mass is 9.97. The molecule has 0 aromatic heterocycles. The molecule has 1 saturated heterocycles. The number of imide groups is 1. The van der Waals surface area contributed by atoms with Gasteiger partial charge in [0.05, 0.1) is 16.1 Å². The summed E-state index contributed by atoms with van der Waals surface area (Å²) >= 11 is 12.0. The Labute approximate surface area is 195 Å². The molecule has 0 radical (unpaired) electrons. The number of hydrogen-bond donors (Lipinski definition) is 1. The summed E-state index contributed by atoms with van der Waals surface area (Å²) in [6.45, 7) is 0.316. The standard InChI is InChI=1S/C21H19Cl2N3O5S/c1-25-20(28)15-4-3-14(11-16(15)21(25)29)24-19(27)12-6-8-26(9-7-12)32(30,31)18-10-13(22)2-5-17(18)23/h2-5,10-12H,6-9H2,1H3,(H,24,27). The van der Waals surface area contributed by atoms with E-state index in [0.717, 1.165) is 4.90 Å². The number of hydrogen-bond acceptors (Lipinski definition) is 5. The van der Waals surface area contributed by atoms with Gasteiger partial charge < -0.3 is 5.32 Å². The van der Waals surface area contributed by atoms with Gasteiger partial charge in [-0.15, -0.1) is 0 Å². The van der Waals surface area contributed by atoms with Crippen molar-refractivity contribution in [2.45, 2.75) is 17.7 Å². The fourth-order valence-corrected chi connectivity index (χ4v) is 6.06. The van der Waals surface area contributed by atoms with Crippen molar-refractivity contribution in [3.63, 3.8) is 0 Å². The lowest BCUT2D eigenvalue weighted by Crippen LogP contribution is -2.41. The first-order chi connectivity index (χ1) is 15.1. The number of nitrogens with one attached hydrogen (secondary N) is 1. The molecule has 0 atom stereocenters. The number of fused-ring (bicyclic) bond motifs is 1. The molecule has 0 saturated carbocycles. The summed E-state index contributed by atoms with van der Waals surface area (Å²) in [6, 6.07) is 8.83. The second kappa shape index (κ2) is 8.47. The molecule has 2 aromatic carbocycles. The van der Waals surface area contributed by atoms with Gasteiger partial charge in [-0.2, -0.15) is 4.31 Å². The molecule has 1 fully saturated rings. The summed E-state index contributed by atoms with van der Waals surface area (Å²) in [7, 11) is -2.43. The Balaban J connectivity index is 1.42. The van der Waals surface area contributed by atoms with E-state index in [1.807, 2.05) is 0 Å². The van der Waals surface area contributed by atoms with E-state index < -0.39 is 21.8 Å². The molecule has 4 rings (SSSR count). The van der Waals surface area contributed by atoms with Gasteiger partial charge in [0.15, 0.2) is 0 Å². The number of amides is 3. The summed E-state index contributed by atoms with van der Waals surface area (Å²) < 4.78 is 27.2. The molecule has 168 valence electrons. The quantitative estimate of drug-likeness (QED) is 0.655. The normalized spacial score (nSPS) is 17.5. The summed E-state index contributed by atoms with van der Waals surface area (Å²) in [5.74, 6) is -1.46. The third-order valence-corrected chi connectivity index (χ3v) is 8.31. The zero-order valence-electron chi connectivity index (χ0n) is 17.0. The Morgan fingerprint density at radius 1 is 1.00 bits per heavy atom. The molecule has 3 amide bonds. The molecule has 11 heteroatoms. The van der Waals surface area contributed by atoms with Crippen LogP contribution in [0, 0.1) is 5.92 Å². The third-order valence-electron chi connectivity index (χ3n) is 5.69. The fraction of sp³-hybridized carbons (Fsp3) is 0.286. The van der Waals surface area contributed by atoms with Gasteiger partial charge in [0.25, 0.3) is 11.8 Å². The highest BCUT2D eigenvalue weighted by molar-refractivity contribution is 7.89. The molecule has 2 aliphatic heterocycles. The third kappa shape index (κ3) is 4.01. The van der Waals surface area contributed by atoms with Crippen LogP contribution in [-0.2, 0) is 14.8 Å². The van der Waals surface area contributed by atoms with Crippen LogP contribution in [0.15, 0.2) is 41.3 Å².